The predicted octanol–water partition coefficient (Wildman–Crippen LogP) is 5.13. The van der Waals surface area contributed by atoms with Gasteiger partial charge in [-0.3, -0.25) is 10.1 Å². The van der Waals surface area contributed by atoms with Crippen LogP contribution in [0.2, 0.25) is 0 Å². The number of ether oxygens (including phenoxy) is 2. The van der Waals surface area contributed by atoms with Crippen molar-refractivity contribution in [1.82, 2.24) is 15.2 Å². The molecule has 0 fully saturated rings. The van der Waals surface area contributed by atoms with E-state index < -0.39 is 0 Å². The summed E-state index contributed by atoms with van der Waals surface area (Å²) < 4.78 is 11.6. The second-order valence-corrected chi connectivity index (χ2v) is 8.89. The van der Waals surface area contributed by atoms with E-state index in [4.69, 9.17) is 14.5 Å². The Hall–Kier alpha value is -3.17. The van der Waals surface area contributed by atoms with Crippen LogP contribution in [0.1, 0.15) is 17.3 Å². The minimum atomic E-state index is -0.260. The molecule has 158 valence electrons. The van der Waals surface area contributed by atoms with E-state index in [1.165, 1.54) is 11.3 Å². The average molecular weight is 453 g/mol. The number of carbonyl (C=O) groups excluding carboxylic acids is 1. The lowest BCUT2D eigenvalue weighted by Gasteiger charge is -2.12. The van der Waals surface area contributed by atoms with Gasteiger partial charge in [0.15, 0.2) is 15.8 Å². The van der Waals surface area contributed by atoms with Crippen molar-refractivity contribution in [2.75, 3.05) is 25.3 Å². The number of amides is 1. The van der Waals surface area contributed by atoms with E-state index in [1.54, 1.807) is 32.0 Å². The number of para-hydroxylation sites is 1. The first-order chi connectivity index (χ1) is 15.1. The van der Waals surface area contributed by atoms with Gasteiger partial charge in [0.05, 0.1) is 31.0 Å². The number of methoxy groups -OCH3 is 2. The highest BCUT2D eigenvalue weighted by Crippen LogP contribution is 2.33. The standard InChI is InChI=1S/C22H20N4O3S2/c1-4-30-22-26-25-21(31-22)24-20(27)15-12-17(23-16-8-6-5-7-14(15)16)13-9-10-18(28-2)19(11-13)29-3/h5-12H,4H2,1-3H3,(H,24,25,27). The molecule has 0 aliphatic heterocycles. The fraction of sp³-hybridized carbons (Fsp3) is 0.182. The first-order valence-corrected chi connectivity index (χ1v) is 11.3. The van der Waals surface area contributed by atoms with Crippen LogP contribution in [0.3, 0.4) is 0 Å². The van der Waals surface area contributed by atoms with Crippen molar-refractivity contribution in [3.05, 3.63) is 54.1 Å². The number of nitrogens with one attached hydrogen (secondary N) is 1. The Morgan fingerprint density at radius 2 is 1.87 bits per heavy atom. The Kier molecular flexibility index (Phi) is 6.34. The van der Waals surface area contributed by atoms with Crippen molar-refractivity contribution in [1.29, 1.82) is 0 Å². The molecule has 0 radical (unpaired) electrons. The normalized spacial score (nSPS) is 10.8. The van der Waals surface area contributed by atoms with E-state index in [9.17, 15) is 4.79 Å². The van der Waals surface area contributed by atoms with E-state index in [1.807, 2.05) is 49.4 Å². The number of benzene rings is 2. The Balaban J connectivity index is 1.75. The molecule has 0 aliphatic carbocycles. The summed E-state index contributed by atoms with van der Waals surface area (Å²) in [5.74, 6) is 1.86. The topological polar surface area (TPSA) is 86.2 Å². The molecule has 9 heteroatoms. The van der Waals surface area contributed by atoms with Crippen molar-refractivity contribution < 1.29 is 14.3 Å². The van der Waals surface area contributed by atoms with Gasteiger partial charge in [-0.2, -0.15) is 0 Å². The van der Waals surface area contributed by atoms with Crippen LogP contribution in [0.5, 0.6) is 11.5 Å². The van der Waals surface area contributed by atoms with Crippen LogP contribution in [0.25, 0.3) is 22.2 Å². The van der Waals surface area contributed by atoms with Gasteiger partial charge < -0.3 is 9.47 Å². The molecule has 7 nitrogen and oxygen atoms in total. The number of pyridine rings is 1. The van der Waals surface area contributed by atoms with Crippen molar-refractivity contribution in [2.24, 2.45) is 0 Å². The number of nitrogens with zero attached hydrogens (tertiary/aromatic N) is 3. The van der Waals surface area contributed by atoms with Crippen LogP contribution < -0.4 is 14.8 Å². The second-order valence-electron chi connectivity index (χ2n) is 6.40. The van der Waals surface area contributed by atoms with Crippen molar-refractivity contribution in [2.45, 2.75) is 11.3 Å². The van der Waals surface area contributed by atoms with Gasteiger partial charge >= 0.3 is 0 Å². The zero-order chi connectivity index (χ0) is 21.8. The molecule has 0 atom stereocenters. The molecule has 0 bridgehead atoms. The first-order valence-electron chi connectivity index (χ1n) is 9.52. The minimum Gasteiger partial charge on any atom is -0.493 e. The largest absolute Gasteiger partial charge is 0.493 e. The number of aromatic nitrogens is 3. The van der Waals surface area contributed by atoms with E-state index in [-0.39, 0.29) is 5.91 Å². The smallest absolute Gasteiger partial charge is 0.258 e. The molecular weight excluding hydrogens is 432 g/mol. The molecule has 0 unspecified atom stereocenters. The number of hydrogen-bond donors (Lipinski definition) is 1. The number of carbonyl (C=O) groups is 1. The second kappa shape index (κ2) is 9.32. The number of thioether (sulfide) groups is 1. The maximum atomic E-state index is 13.2. The average Bonchev–Trinajstić information content (AvgIpc) is 3.24. The van der Waals surface area contributed by atoms with Gasteiger partial charge in [-0.25, -0.2) is 4.98 Å². The summed E-state index contributed by atoms with van der Waals surface area (Å²) in [6.45, 7) is 2.04. The predicted molar refractivity (Wildman–Crippen MR) is 125 cm³/mol. The highest BCUT2D eigenvalue weighted by Gasteiger charge is 2.17. The molecule has 2 aromatic heterocycles. The van der Waals surface area contributed by atoms with Crippen molar-refractivity contribution in [3.63, 3.8) is 0 Å². The van der Waals surface area contributed by atoms with Crippen LogP contribution >= 0.6 is 23.1 Å². The number of rotatable bonds is 7. The van der Waals surface area contributed by atoms with Crippen molar-refractivity contribution >= 4 is 45.0 Å². The summed E-state index contributed by atoms with van der Waals surface area (Å²) in [6.07, 6.45) is 0. The number of anilines is 1. The Morgan fingerprint density at radius 1 is 1.06 bits per heavy atom. The summed E-state index contributed by atoms with van der Waals surface area (Å²) in [5.41, 5.74) is 2.70. The molecule has 2 aromatic carbocycles. The van der Waals surface area contributed by atoms with Crippen LogP contribution in [0.15, 0.2) is 52.9 Å². The van der Waals surface area contributed by atoms with Crippen LogP contribution in [0, 0.1) is 0 Å². The van der Waals surface area contributed by atoms with Crippen LogP contribution in [-0.2, 0) is 0 Å². The van der Waals surface area contributed by atoms with Gasteiger partial charge in [0.25, 0.3) is 5.91 Å². The highest BCUT2D eigenvalue weighted by molar-refractivity contribution is 8.01. The lowest BCUT2D eigenvalue weighted by atomic mass is 10.0. The third-order valence-electron chi connectivity index (χ3n) is 4.53. The molecule has 1 N–H and O–H groups in total. The van der Waals surface area contributed by atoms with Gasteiger partial charge in [0.2, 0.25) is 5.13 Å². The summed E-state index contributed by atoms with van der Waals surface area (Å²) in [4.78, 5) is 17.9. The van der Waals surface area contributed by atoms with E-state index in [2.05, 4.69) is 15.5 Å². The molecule has 4 aromatic rings. The van der Waals surface area contributed by atoms with Gasteiger partial charge in [-0.1, -0.05) is 48.2 Å². The summed E-state index contributed by atoms with van der Waals surface area (Å²) in [5, 5.41) is 12.3. The van der Waals surface area contributed by atoms with Crippen molar-refractivity contribution in [3.8, 4) is 22.8 Å². The zero-order valence-corrected chi connectivity index (χ0v) is 18.8. The Bertz CT molecular complexity index is 1240. The lowest BCUT2D eigenvalue weighted by Crippen LogP contribution is -2.13. The summed E-state index contributed by atoms with van der Waals surface area (Å²) in [7, 11) is 3.17. The highest BCUT2D eigenvalue weighted by atomic mass is 32.2. The molecule has 0 aliphatic rings. The third kappa shape index (κ3) is 4.47. The van der Waals surface area contributed by atoms with Gasteiger partial charge in [-0.15, -0.1) is 10.2 Å². The lowest BCUT2D eigenvalue weighted by molar-refractivity contribution is 0.102. The monoisotopic (exact) mass is 452 g/mol. The Labute approximate surface area is 187 Å². The maximum absolute atomic E-state index is 13.2. The minimum absolute atomic E-state index is 0.260. The van der Waals surface area contributed by atoms with Crippen LogP contribution in [-0.4, -0.2) is 41.1 Å². The molecule has 0 spiro atoms. The molecule has 4 rings (SSSR count). The summed E-state index contributed by atoms with van der Waals surface area (Å²) >= 11 is 2.95. The molecular formula is C22H20N4O3S2. The fourth-order valence-corrected chi connectivity index (χ4v) is 4.76. The van der Waals surface area contributed by atoms with Crippen LogP contribution in [0.4, 0.5) is 5.13 Å². The van der Waals surface area contributed by atoms with E-state index in [0.717, 1.165) is 26.6 Å². The Morgan fingerprint density at radius 3 is 2.65 bits per heavy atom. The molecule has 1 amide bonds. The molecule has 0 saturated carbocycles. The van der Waals surface area contributed by atoms with E-state index >= 15 is 0 Å². The molecule has 31 heavy (non-hydrogen) atoms. The maximum Gasteiger partial charge on any atom is 0.258 e. The van der Waals surface area contributed by atoms with Gasteiger partial charge in [-0.05, 0) is 36.1 Å². The number of fused-ring (bicyclic) bond motifs is 1. The quantitative estimate of drug-likeness (QED) is 0.307. The van der Waals surface area contributed by atoms with Gasteiger partial charge in [0.1, 0.15) is 0 Å². The summed E-state index contributed by atoms with van der Waals surface area (Å²) in [6, 6.07) is 14.9. The third-order valence-corrected chi connectivity index (χ3v) is 6.39. The first kappa shape index (κ1) is 21.1. The zero-order valence-electron chi connectivity index (χ0n) is 17.2. The molecule has 2 heterocycles. The number of hydrogen-bond acceptors (Lipinski definition) is 8. The van der Waals surface area contributed by atoms with E-state index in [0.29, 0.717) is 27.9 Å². The SMILES string of the molecule is CCSc1nnc(NC(=O)c2cc(-c3ccc(OC)c(OC)c3)nc3ccccc23)s1. The fourth-order valence-electron chi connectivity index (χ4n) is 3.11. The molecule has 0 saturated heterocycles. The van der Waals surface area contributed by atoms with Gasteiger partial charge in [0, 0.05) is 10.9 Å².